The van der Waals surface area contributed by atoms with Gasteiger partial charge in [-0.25, -0.2) is 4.98 Å². The third-order valence-electron chi connectivity index (χ3n) is 3.01. The summed E-state index contributed by atoms with van der Waals surface area (Å²) in [6, 6.07) is 5.62. The van der Waals surface area contributed by atoms with E-state index in [1.807, 2.05) is 36.7 Å². The maximum Gasteiger partial charge on any atom is 0.194 e. The molecule has 0 saturated carbocycles. The largest absolute Gasteiger partial charge is 0.364 e. The average Bonchev–Trinajstić information content (AvgIpc) is 3.07. The van der Waals surface area contributed by atoms with Gasteiger partial charge in [0.2, 0.25) is 0 Å². The quantitative estimate of drug-likeness (QED) is 0.564. The lowest BCUT2D eigenvalue weighted by atomic mass is 10.1. The number of aryl methyl sites for hydroxylation is 2. The highest BCUT2D eigenvalue weighted by Crippen LogP contribution is 2.21. The second-order valence-corrected chi connectivity index (χ2v) is 4.11. The number of ketones is 1. The van der Waals surface area contributed by atoms with Gasteiger partial charge in [-0.15, -0.1) is 0 Å². The van der Waals surface area contributed by atoms with E-state index in [1.54, 1.807) is 0 Å². The summed E-state index contributed by atoms with van der Waals surface area (Å²) in [4.78, 5) is 16.2. The minimum atomic E-state index is -0.220. The average molecular weight is 216 g/mol. The zero-order valence-electron chi connectivity index (χ0n) is 9.23. The third kappa shape index (κ3) is 1.34. The van der Waals surface area contributed by atoms with Gasteiger partial charge >= 0.3 is 0 Å². The van der Waals surface area contributed by atoms with Crippen molar-refractivity contribution in [2.75, 3.05) is 6.61 Å². The van der Waals surface area contributed by atoms with Crippen molar-refractivity contribution in [3.63, 3.8) is 0 Å². The summed E-state index contributed by atoms with van der Waals surface area (Å²) in [5.74, 6) is 1.01. The van der Waals surface area contributed by atoms with Gasteiger partial charge in [-0.3, -0.25) is 4.79 Å². The van der Waals surface area contributed by atoms with Crippen LogP contribution in [-0.4, -0.2) is 28.0 Å². The number of epoxide rings is 1. The van der Waals surface area contributed by atoms with Gasteiger partial charge in [-0.05, 0) is 25.1 Å². The Balaban J connectivity index is 2.11. The molecular formula is C12H12N2O2. The van der Waals surface area contributed by atoms with Crippen molar-refractivity contribution in [2.45, 2.75) is 13.0 Å². The van der Waals surface area contributed by atoms with Crippen LogP contribution in [0.4, 0.5) is 0 Å². The number of hydrogen-bond acceptors (Lipinski definition) is 3. The maximum atomic E-state index is 11.8. The van der Waals surface area contributed by atoms with Crippen LogP contribution in [0.2, 0.25) is 0 Å². The Morgan fingerprint density at radius 1 is 1.56 bits per heavy atom. The predicted molar refractivity (Wildman–Crippen MR) is 59.5 cm³/mol. The summed E-state index contributed by atoms with van der Waals surface area (Å²) in [6.45, 7) is 2.50. The summed E-state index contributed by atoms with van der Waals surface area (Å²) in [6.07, 6.45) is -0.220. The lowest BCUT2D eigenvalue weighted by Crippen LogP contribution is -2.06. The number of carbonyl (C=O) groups excluding carboxylic acids is 1. The number of rotatable bonds is 2. The molecule has 1 aliphatic rings. The fourth-order valence-electron chi connectivity index (χ4n) is 1.86. The molecule has 0 N–H and O–H groups in total. The lowest BCUT2D eigenvalue weighted by molar-refractivity contribution is 0.0954. The highest BCUT2D eigenvalue weighted by atomic mass is 16.6. The van der Waals surface area contributed by atoms with Crippen LogP contribution in [0.3, 0.4) is 0 Å². The number of aromatic nitrogens is 2. The first-order valence-electron chi connectivity index (χ1n) is 5.26. The van der Waals surface area contributed by atoms with Crippen LogP contribution in [0.25, 0.3) is 11.0 Å². The summed E-state index contributed by atoms with van der Waals surface area (Å²) >= 11 is 0. The minimum Gasteiger partial charge on any atom is -0.364 e. The number of imidazole rings is 1. The summed E-state index contributed by atoms with van der Waals surface area (Å²) < 4.78 is 7.00. The van der Waals surface area contributed by atoms with Crippen LogP contribution < -0.4 is 0 Å². The summed E-state index contributed by atoms with van der Waals surface area (Å²) in [5, 5.41) is 0. The standard InChI is InChI=1S/C12H12N2O2/c1-7-13-9-5-8(12(15)11-6-16-11)3-4-10(9)14(7)2/h3-5,11H,6H2,1-2H3. The number of ether oxygens (including phenoxy) is 1. The molecule has 1 aromatic carbocycles. The van der Waals surface area contributed by atoms with Crippen LogP contribution in [-0.2, 0) is 11.8 Å². The van der Waals surface area contributed by atoms with Crippen molar-refractivity contribution in [3.05, 3.63) is 29.6 Å². The molecule has 1 aromatic heterocycles. The topological polar surface area (TPSA) is 47.4 Å². The maximum absolute atomic E-state index is 11.8. The zero-order chi connectivity index (χ0) is 11.3. The molecule has 0 aliphatic carbocycles. The van der Waals surface area contributed by atoms with E-state index in [0.29, 0.717) is 12.2 Å². The molecule has 0 spiro atoms. The number of benzene rings is 1. The van der Waals surface area contributed by atoms with Crippen molar-refractivity contribution < 1.29 is 9.53 Å². The molecule has 0 radical (unpaired) electrons. The molecule has 82 valence electrons. The fourth-order valence-corrected chi connectivity index (χ4v) is 1.86. The smallest absolute Gasteiger partial charge is 0.194 e. The highest BCUT2D eigenvalue weighted by Gasteiger charge is 2.32. The van der Waals surface area contributed by atoms with E-state index < -0.39 is 0 Å². The van der Waals surface area contributed by atoms with E-state index in [1.165, 1.54) is 0 Å². The molecule has 1 fully saturated rings. The Morgan fingerprint density at radius 3 is 3.00 bits per heavy atom. The second-order valence-electron chi connectivity index (χ2n) is 4.11. The van der Waals surface area contributed by atoms with E-state index in [9.17, 15) is 4.79 Å². The Bertz CT molecular complexity index is 582. The Labute approximate surface area is 92.8 Å². The molecule has 1 unspecified atom stereocenters. The van der Waals surface area contributed by atoms with Gasteiger partial charge in [-0.2, -0.15) is 0 Å². The van der Waals surface area contributed by atoms with Crippen LogP contribution >= 0.6 is 0 Å². The van der Waals surface area contributed by atoms with Gasteiger partial charge in [0.15, 0.2) is 5.78 Å². The van der Waals surface area contributed by atoms with Crippen molar-refractivity contribution in [3.8, 4) is 0 Å². The molecule has 1 atom stereocenters. The first kappa shape index (κ1) is 9.54. The summed E-state index contributed by atoms with van der Waals surface area (Å²) in [7, 11) is 1.97. The van der Waals surface area contributed by atoms with Crippen LogP contribution in [0.5, 0.6) is 0 Å². The van der Waals surface area contributed by atoms with Gasteiger partial charge in [0.05, 0.1) is 17.6 Å². The fraction of sp³-hybridized carbons (Fsp3) is 0.333. The van der Waals surface area contributed by atoms with E-state index in [-0.39, 0.29) is 11.9 Å². The van der Waals surface area contributed by atoms with Gasteiger partial charge in [0, 0.05) is 12.6 Å². The molecule has 4 heteroatoms. The zero-order valence-corrected chi connectivity index (χ0v) is 9.23. The number of nitrogens with zero attached hydrogens (tertiary/aromatic N) is 2. The Morgan fingerprint density at radius 2 is 2.31 bits per heavy atom. The highest BCUT2D eigenvalue weighted by molar-refractivity contribution is 6.03. The third-order valence-corrected chi connectivity index (χ3v) is 3.01. The number of carbonyl (C=O) groups is 1. The van der Waals surface area contributed by atoms with Gasteiger partial charge in [0.1, 0.15) is 11.9 Å². The van der Waals surface area contributed by atoms with Gasteiger partial charge in [0.25, 0.3) is 0 Å². The van der Waals surface area contributed by atoms with E-state index in [2.05, 4.69) is 4.98 Å². The van der Waals surface area contributed by atoms with E-state index in [0.717, 1.165) is 16.9 Å². The second kappa shape index (κ2) is 3.15. The Hall–Kier alpha value is -1.68. The molecule has 1 aliphatic heterocycles. The number of Topliss-reactive ketones (excluding diaryl/α,β-unsaturated/α-hetero) is 1. The van der Waals surface area contributed by atoms with E-state index >= 15 is 0 Å². The molecule has 1 saturated heterocycles. The van der Waals surface area contributed by atoms with Crippen LogP contribution in [0.15, 0.2) is 18.2 Å². The molecule has 16 heavy (non-hydrogen) atoms. The van der Waals surface area contributed by atoms with Crippen LogP contribution in [0, 0.1) is 6.92 Å². The first-order valence-corrected chi connectivity index (χ1v) is 5.26. The van der Waals surface area contributed by atoms with Crippen molar-refractivity contribution in [1.29, 1.82) is 0 Å². The molecule has 0 bridgehead atoms. The molecule has 4 nitrogen and oxygen atoms in total. The van der Waals surface area contributed by atoms with Crippen molar-refractivity contribution in [2.24, 2.45) is 7.05 Å². The molecular weight excluding hydrogens is 204 g/mol. The molecule has 2 aromatic rings. The number of fused-ring (bicyclic) bond motifs is 1. The minimum absolute atomic E-state index is 0.0604. The predicted octanol–water partition coefficient (Wildman–Crippen LogP) is 1.46. The van der Waals surface area contributed by atoms with Gasteiger partial charge in [-0.1, -0.05) is 0 Å². The first-order chi connectivity index (χ1) is 7.66. The molecule has 2 heterocycles. The van der Waals surface area contributed by atoms with Crippen molar-refractivity contribution in [1.82, 2.24) is 9.55 Å². The van der Waals surface area contributed by atoms with Crippen LogP contribution in [0.1, 0.15) is 16.2 Å². The monoisotopic (exact) mass is 216 g/mol. The molecule has 0 amide bonds. The van der Waals surface area contributed by atoms with Crippen molar-refractivity contribution >= 4 is 16.8 Å². The lowest BCUT2D eigenvalue weighted by Gasteiger charge is -1.98. The normalized spacial score (nSPS) is 19.0. The van der Waals surface area contributed by atoms with Gasteiger partial charge < -0.3 is 9.30 Å². The Kier molecular flexibility index (Phi) is 1.88. The SMILES string of the molecule is Cc1nc2cc(C(=O)C3CO3)ccc2n1C. The van der Waals surface area contributed by atoms with E-state index in [4.69, 9.17) is 4.74 Å². The molecule has 3 rings (SSSR count). The number of hydrogen-bond donors (Lipinski definition) is 0. The summed E-state index contributed by atoms with van der Waals surface area (Å²) in [5.41, 5.74) is 2.60.